The molecule has 0 radical (unpaired) electrons. The van der Waals surface area contributed by atoms with Gasteiger partial charge in [-0.25, -0.2) is 0 Å². The van der Waals surface area contributed by atoms with Crippen LogP contribution >= 0.6 is 0 Å². The minimum Gasteiger partial charge on any atom is -0.389 e. The van der Waals surface area contributed by atoms with Crippen LogP contribution in [-0.2, 0) is 0 Å². The van der Waals surface area contributed by atoms with Gasteiger partial charge in [-0.3, -0.25) is 0 Å². The summed E-state index contributed by atoms with van der Waals surface area (Å²) in [6.07, 6.45) is 4.38. The van der Waals surface area contributed by atoms with E-state index in [-0.39, 0.29) is 5.60 Å². The Balaban J connectivity index is 1.95. The summed E-state index contributed by atoms with van der Waals surface area (Å²) in [6, 6.07) is 0. The first-order valence-electron chi connectivity index (χ1n) is 5.05. The van der Waals surface area contributed by atoms with E-state index in [0.29, 0.717) is 0 Å². The molecule has 2 heteroatoms. The molecule has 0 bridgehead atoms. The highest BCUT2D eigenvalue weighted by Crippen LogP contribution is 2.30. The molecule has 0 aliphatic heterocycles. The molecule has 1 rings (SSSR count). The first-order valence-corrected chi connectivity index (χ1v) is 5.05. The predicted molar refractivity (Wildman–Crippen MR) is 51.1 cm³/mol. The van der Waals surface area contributed by atoms with Crippen molar-refractivity contribution in [2.45, 2.75) is 45.1 Å². The Morgan fingerprint density at radius 1 is 1.42 bits per heavy atom. The fourth-order valence-electron chi connectivity index (χ4n) is 1.47. The number of aliphatic hydroxyl groups is 1. The fraction of sp³-hybridized carbons (Fsp3) is 1.00. The quantitative estimate of drug-likeness (QED) is 0.615. The van der Waals surface area contributed by atoms with Crippen LogP contribution in [0.3, 0.4) is 0 Å². The van der Waals surface area contributed by atoms with E-state index in [1.165, 1.54) is 12.8 Å². The van der Waals surface area contributed by atoms with Crippen molar-refractivity contribution in [2.75, 3.05) is 13.1 Å². The lowest BCUT2D eigenvalue weighted by molar-refractivity contribution is -0.0312. The molecule has 1 saturated carbocycles. The second-order valence-electron chi connectivity index (χ2n) is 4.44. The topological polar surface area (TPSA) is 32.3 Å². The van der Waals surface area contributed by atoms with Gasteiger partial charge in [0.25, 0.3) is 0 Å². The average Bonchev–Trinajstić information content (AvgIpc) is 1.94. The Kier molecular flexibility index (Phi) is 3.53. The average molecular weight is 171 g/mol. The van der Waals surface area contributed by atoms with Gasteiger partial charge in [-0.05, 0) is 38.1 Å². The van der Waals surface area contributed by atoms with Crippen LogP contribution < -0.4 is 5.32 Å². The summed E-state index contributed by atoms with van der Waals surface area (Å²) in [4.78, 5) is 0. The highest BCUT2D eigenvalue weighted by atomic mass is 16.3. The third-order valence-corrected chi connectivity index (χ3v) is 2.64. The zero-order valence-electron chi connectivity index (χ0n) is 8.27. The first-order chi connectivity index (χ1) is 5.62. The van der Waals surface area contributed by atoms with Crippen molar-refractivity contribution in [1.82, 2.24) is 5.32 Å². The SMILES string of the molecule is CC(C)CCNCC1(O)CCC1. The van der Waals surface area contributed by atoms with E-state index in [9.17, 15) is 5.11 Å². The number of hydrogen-bond donors (Lipinski definition) is 2. The lowest BCUT2D eigenvalue weighted by atomic mass is 9.80. The lowest BCUT2D eigenvalue weighted by Crippen LogP contribution is -2.46. The molecule has 12 heavy (non-hydrogen) atoms. The molecule has 0 spiro atoms. The van der Waals surface area contributed by atoms with Crippen LogP contribution in [0, 0.1) is 5.92 Å². The number of nitrogens with one attached hydrogen (secondary N) is 1. The van der Waals surface area contributed by atoms with Crippen molar-refractivity contribution in [3.05, 3.63) is 0 Å². The molecule has 0 unspecified atom stereocenters. The maximum absolute atomic E-state index is 9.71. The number of rotatable bonds is 5. The molecule has 0 amide bonds. The third-order valence-electron chi connectivity index (χ3n) is 2.64. The normalized spacial score (nSPS) is 21.0. The summed E-state index contributed by atoms with van der Waals surface area (Å²) in [7, 11) is 0. The largest absolute Gasteiger partial charge is 0.389 e. The monoisotopic (exact) mass is 171 g/mol. The Morgan fingerprint density at radius 3 is 2.50 bits per heavy atom. The summed E-state index contributed by atoms with van der Waals surface area (Å²) in [5, 5.41) is 13.0. The Labute approximate surface area is 75.4 Å². The van der Waals surface area contributed by atoms with Gasteiger partial charge >= 0.3 is 0 Å². The first kappa shape index (κ1) is 10.0. The van der Waals surface area contributed by atoms with Crippen LogP contribution in [-0.4, -0.2) is 23.8 Å². The van der Waals surface area contributed by atoms with Crippen LogP contribution in [0.4, 0.5) is 0 Å². The van der Waals surface area contributed by atoms with Crippen LogP contribution in [0.25, 0.3) is 0 Å². The Bertz CT molecular complexity index is 130. The summed E-state index contributed by atoms with van der Waals surface area (Å²) in [6.45, 7) is 6.28. The summed E-state index contributed by atoms with van der Waals surface area (Å²) in [5.74, 6) is 0.758. The van der Waals surface area contributed by atoms with Gasteiger partial charge in [0.2, 0.25) is 0 Å². The molecule has 72 valence electrons. The third kappa shape index (κ3) is 3.11. The summed E-state index contributed by atoms with van der Waals surface area (Å²) in [5.41, 5.74) is -0.350. The van der Waals surface area contributed by atoms with Crippen molar-refractivity contribution in [1.29, 1.82) is 0 Å². The maximum atomic E-state index is 9.71. The van der Waals surface area contributed by atoms with Crippen LogP contribution in [0.2, 0.25) is 0 Å². The molecule has 0 saturated heterocycles. The molecular formula is C10H21NO. The standard InChI is InChI=1S/C10H21NO/c1-9(2)4-7-11-8-10(12)5-3-6-10/h9,11-12H,3-8H2,1-2H3. The zero-order chi connectivity index (χ0) is 9.03. The van der Waals surface area contributed by atoms with E-state index in [4.69, 9.17) is 0 Å². The Morgan fingerprint density at radius 2 is 2.08 bits per heavy atom. The van der Waals surface area contributed by atoms with E-state index in [2.05, 4.69) is 19.2 Å². The van der Waals surface area contributed by atoms with Gasteiger partial charge in [-0.1, -0.05) is 13.8 Å². The van der Waals surface area contributed by atoms with Crippen molar-refractivity contribution in [2.24, 2.45) is 5.92 Å². The van der Waals surface area contributed by atoms with Gasteiger partial charge in [0.15, 0.2) is 0 Å². The van der Waals surface area contributed by atoms with Gasteiger partial charge < -0.3 is 10.4 Å². The van der Waals surface area contributed by atoms with Crippen molar-refractivity contribution in [3.8, 4) is 0 Å². The highest BCUT2D eigenvalue weighted by molar-refractivity contribution is 4.89. The van der Waals surface area contributed by atoms with Gasteiger partial charge in [0.05, 0.1) is 5.60 Å². The molecule has 0 aromatic heterocycles. The molecule has 0 aromatic rings. The van der Waals surface area contributed by atoms with Crippen LogP contribution in [0.1, 0.15) is 39.5 Å². The van der Waals surface area contributed by atoms with E-state index in [0.717, 1.165) is 31.8 Å². The second kappa shape index (κ2) is 4.24. The van der Waals surface area contributed by atoms with Crippen LogP contribution in [0.15, 0.2) is 0 Å². The molecule has 0 heterocycles. The van der Waals surface area contributed by atoms with Crippen molar-refractivity contribution in [3.63, 3.8) is 0 Å². The maximum Gasteiger partial charge on any atom is 0.0771 e. The van der Waals surface area contributed by atoms with E-state index in [1.807, 2.05) is 0 Å². The van der Waals surface area contributed by atoms with E-state index >= 15 is 0 Å². The molecule has 2 N–H and O–H groups in total. The van der Waals surface area contributed by atoms with Crippen LogP contribution in [0.5, 0.6) is 0 Å². The number of hydrogen-bond acceptors (Lipinski definition) is 2. The molecule has 0 aromatic carbocycles. The smallest absolute Gasteiger partial charge is 0.0771 e. The van der Waals surface area contributed by atoms with Gasteiger partial charge in [-0.15, -0.1) is 0 Å². The lowest BCUT2D eigenvalue weighted by Gasteiger charge is -2.36. The minimum absolute atomic E-state index is 0.350. The second-order valence-corrected chi connectivity index (χ2v) is 4.44. The highest BCUT2D eigenvalue weighted by Gasteiger charge is 2.33. The minimum atomic E-state index is -0.350. The van der Waals surface area contributed by atoms with Crippen molar-refractivity contribution >= 4 is 0 Å². The van der Waals surface area contributed by atoms with Gasteiger partial charge in [0.1, 0.15) is 0 Å². The van der Waals surface area contributed by atoms with Crippen molar-refractivity contribution < 1.29 is 5.11 Å². The molecule has 1 fully saturated rings. The predicted octanol–water partition coefficient (Wildman–Crippen LogP) is 1.54. The molecule has 0 atom stereocenters. The molecule has 1 aliphatic rings. The van der Waals surface area contributed by atoms with E-state index in [1.54, 1.807) is 0 Å². The molecular weight excluding hydrogens is 150 g/mol. The summed E-state index contributed by atoms with van der Waals surface area (Å²) < 4.78 is 0. The zero-order valence-corrected chi connectivity index (χ0v) is 8.27. The van der Waals surface area contributed by atoms with E-state index < -0.39 is 0 Å². The molecule has 1 aliphatic carbocycles. The fourth-order valence-corrected chi connectivity index (χ4v) is 1.47. The van der Waals surface area contributed by atoms with Gasteiger partial charge in [-0.2, -0.15) is 0 Å². The molecule has 2 nitrogen and oxygen atoms in total. The van der Waals surface area contributed by atoms with Gasteiger partial charge in [0, 0.05) is 6.54 Å². The Hall–Kier alpha value is -0.0800. The summed E-state index contributed by atoms with van der Waals surface area (Å²) >= 11 is 0.